The van der Waals surface area contributed by atoms with Crippen LogP contribution in [0.5, 0.6) is 0 Å². The third kappa shape index (κ3) is 2.65. The molecule has 0 radical (unpaired) electrons. The molecule has 0 aromatic heterocycles. The van der Waals surface area contributed by atoms with Gasteiger partial charge in [-0.2, -0.15) is 0 Å². The molecule has 0 amide bonds. The molecule has 3 heteroatoms. The molecule has 0 bridgehead atoms. The van der Waals surface area contributed by atoms with Crippen molar-refractivity contribution < 1.29 is 0 Å². The summed E-state index contributed by atoms with van der Waals surface area (Å²) in [7, 11) is -2.51. The van der Waals surface area contributed by atoms with E-state index in [0.29, 0.717) is 0 Å². The van der Waals surface area contributed by atoms with Gasteiger partial charge in [0, 0.05) is 0 Å². The van der Waals surface area contributed by atoms with Crippen molar-refractivity contribution in [3.63, 3.8) is 0 Å². The van der Waals surface area contributed by atoms with Gasteiger partial charge >= 0.3 is 136 Å². The van der Waals surface area contributed by atoms with E-state index >= 15 is 0 Å². The van der Waals surface area contributed by atoms with Gasteiger partial charge in [-0.1, -0.05) is 0 Å². The van der Waals surface area contributed by atoms with Gasteiger partial charge in [0.15, 0.2) is 0 Å². The van der Waals surface area contributed by atoms with E-state index in [4.69, 9.17) is 17.0 Å². The predicted molar refractivity (Wildman–Crippen MR) is 102 cm³/mol. The van der Waals surface area contributed by atoms with Gasteiger partial charge in [-0.05, 0) is 0 Å². The zero-order chi connectivity index (χ0) is 15.3. The summed E-state index contributed by atoms with van der Waals surface area (Å²) in [5.74, 6) is 0. The predicted octanol–water partition coefficient (Wildman–Crippen LogP) is 3.73. The third-order valence-corrected chi connectivity index (χ3v) is 8.00. The average molecular weight is 321 g/mol. The van der Waals surface area contributed by atoms with Gasteiger partial charge in [0.2, 0.25) is 0 Å². The molecule has 0 heterocycles. The molecule has 0 saturated heterocycles. The number of isothiocyanates is 1. The molecule has 3 aromatic carbocycles. The second-order valence-electron chi connectivity index (χ2n) is 5.01. The number of benzene rings is 3. The van der Waals surface area contributed by atoms with Crippen molar-refractivity contribution in [3.8, 4) is 0 Å². The Balaban J connectivity index is 2.37. The van der Waals surface area contributed by atoms with Gasteiger partial charge in [0.25, 0.3) is 0 Å². The van der Waals surface area contributed by atoms with Crippen LogP contribution in [0.15, 0.2) is 95.8 Å². The number of nitrogens with zero attached hydrogens (tertiary/aromatic N) is 1. The molecule has 0 atom stereocenters. The number of rotatable bonds is 4. The fourth-order valence-electron chi connectivity index (χ4n) is 2.80. The van der Waals surface area contributed by atoms with Crippen LogP contribution in [0.3, 0.4) is 0 Å². The molecule has 0 unspecified atom stereocenters. The number of hydrogen-bond donors (Lipinski definition) is 0. The Morgan fingerprint density at radius 1 is 0.591 bits per heavy atom. The zero-order valence-corrected chi connectivity index (χ0v) is 13.8. The van der Waals surface area contributed by atoms with Crippen LogP contribution in [0.1, 0.15) is 0 Å². The van der Waals surface area contributed by atoms with Crippen LogP contribution in [0.4, 0.5) is 0 Å². The average Bonchev–Trinajstić information content (AvgIpc) is 2.62. The summed E-state index contributed by atoms with van der Waals surface area (Å²) in [4.78, 5) is 0. The first-order valence-corrected chi connectivity index (χ1v) is 9.49. The van der Waals surface area contributed by atoms with E-state index in [0.717, 1.165) is 0 Å². The fourth-order valence-corrected chi connectivity index (χ4v) is 6.76. The molecule has 1 nitrogen and oxygen atoms in total. The first-order chi connectivity index (χ1) is 10.9. The molecule has 0 N–H and O–H groups in total. The van der Waals surface area contributed by atoms with Crippen LogP contribution in [0, 0.1) is 0 Å². The van der Waals surface area contributed by atoms with Gasteiger partial charge in [-0.25, -0.2) is 0 Å². The number of thiocarbonyl (C=S) groups is 1. The Labute approximate surface area is 136 Å². The van der Waals surface area contributed by atoms with Gasteiger partial charge in [-0.15, -0.1) is 0 Å². The minimum atomic E-state index is -2.51. The fraction of sp³-hybridized carbons (Fsp3) is 0. The minimum absolute atomic E-state index is 1.21. The van der Waals surface area contributed by atoms with Crippen molar-refractivity contribution >= 4 is 40.7 Å². The van der Waals surface area contributed by atoms with E-state index in [1.807, 2.05) is 18.2 Å². The molecule has 0 aliphatic heterocycles. The van der Waals surface area contributed by atoms with Crippen LogP contribution in [-0.2, 0) is 0 Å². The number of hydrogen-bond acceptors (Lipinski definition) is 2. The summed E-state index contributed by atoms with van der Waals surface area (Å²) >= 11 is 5.02. The van der Waals surface area contributed by atoms with E-state index in [1.54, 1.807) is 0 Å². The van der Waals surface area contributed by atoms with Crippen molar-refractivity contribution in [2.45, 2.75) is 0 Å². The summed E-state index contributed by atoms with van der Waals surface area (Å²) in [6, 6.07) is 31.3. The van der Waals surface area contributed by atoms with Crippen LogP contribution in [0.25, 0.3) is 0 Å². The summed E-state index contributed by atoms with van der Waals surface area (Å²) < 4.78 is 4.77. The molecular formula is C19H16NPS. The molecule has 0 saturated carbocycles. The van der Waals surface area contributed by atoms with E-state index < -0.39 is 7.41 Å². The van der Waals surface area contributed by atoms with Gasteiger partial charge in [0.05, 0.1) is 0 Å². The van der Waals surface area contributed by atoms with Gasteiger partial charge in [-0.3, -0.25) is 0 Å². The Bertz CT molecular complexity index is 685. The molecule has 3 aromatic rings. The second-order valence-corrected chi connectivity index (χ2v) is 8.57. The Kier molecular flexibility index (Phi) is 4.56. The molecule has 0 spiro atoms. The van der Waals surface area contributed by atoms with E-state index in [-0.39, 0.29) is 0 Å². The van der Waals surface area contributed by atoms with Gasteiger partial charge < -0.3 is 0 Å². The summed E-state index contributed by atoms with van der Waals surface area (Å²) in [5.41, 5.74) is 0. The zero-order valence-electron chi connectivity index (χ0n) is 12.0. The van der Waals surface area contributed by atoms with Crippen molar-refractivity contribution in [3.05, 3.63) is 91.0 Å². The first kappa shape index (κ1) is 14.8. The van der Waals surface area contributed by atoms with E-state index in [2.05, 4.69) is 78.0 Å². The standard InChI is InChI=1S/C19H16NPS/c22-16-20-21(17-10-4-1-5-11-17,18-12-6-2-7-13-18)19-14-8-3-9-15-19/h1-15,21H. The molecule has 3 rings (SSSR count). The molecule has 0 aliphatic carbocycles. The maximum absolute atomic E-state index is 5.02. The topological polar surface area (TPSA) is 12.4 Å². The SMILES string of the molecule is S=C=N[PH](c1ccccc1)(c1ccccc1)c1ccccc1. The monoisotopic (exact) mass is 321 g/mol. The quantitative estimate of drug-likeness (QED) is 0.405. The van der Waals surface area contributed by atoms with Crippen molar-refractivity contribution in [2.24, 2.45) is 4.76 Å². The van der Waals surface area contributed by atoms with Crippen molar-refractivity contribution in [1.29, 1.82) is 0 Å². The first-order valence-electron chi connectivity index (χ1n) is 7.13. The molecule has 0 aliphatic rings. The summed E-state index contributed by atoms with van der Waals surface area (Å²) in [6.07, 6.45) is 0. The Morgan fingerprint density at radius 3 is 1.18 bits per heavy atom. The van der Waals surface area contributed by atoms with Crippen molar-refractivity contribution in [2.75, 3.05) is 0 Å². The van der Waals surface area contributed by atoms with E-state index in [1.165, 1.54) is 15.9 Å². The van der Waals surface area contributed by atoms with Crippen LogP contribution >= 0.6 is 19.6 Å². The molecular weight excluding hydrogens is 305 g/mol. The van der Waals surface area contributed by atoms with Gasteiger partial charge in [0.1, 0.15) is 0 Å². The summed E-state index contributed by atoms with van der Waals surface area (Å²) in [6.45, 7) is 0. The molecule has 108 valence electrons. The van der Waals surface area contributed by atoms with Crippen molar-refractivity contribution in [1.82, 2.24) is 0 Å². The Morgan fingerprint density at radius 2 is 0.909 bits per heavy atom. The summed E-state index contributed by atoms with van der Waals surface area (Å²) in [5, 5.41) is 6.31. The molecule has 0 fully saturated rings. The van der Waals surface area contributed by atoms with Crippen LogP contribution < -0.4 is 15.9 Å². The maximum atomic E-state index is 5.02. The van der Waals surface area contributed by atoms with Crippen LogP contribution in [0.2, 0.25) is 0 Å². The molecule has 22 heavy (non-hydrogen) atoms. The Hall–Kier alpha value is -2.11. The third-order valence-electron chi connectivity index (χ3n) is 3.79. The normalized spacial score (nSPS) is 11.5. The van der Waals surface area contributed by atoms with Crippen LogP contribution in [-0.4, -0.2) is 5.16 Å². The second kappa shape index (κ2) is 6.77. The van der Waals surface area contributed by atoms with E-state index in [9.17, 15) is 0 Å².